The topological polar surface area (TPSA) is 93.7 Å². The molecule has 0 bridgehead atoms. The lowest BCUT2D eigenvalue weighted by molar-refractivity contribution is 0.0954. The number of carbonyl (C=O) groups excluding carboxylic acids is 1. The molecule has 1 aliphatic rings. The number of nitrogens with one attached hydrogen (secondary N) is 2. The SMILES string of the molecule is C#CCNS(=O)(=O)c1cccc(C(=O)NCCc2ccc3c(c2)OCO3)c1. The number of carbonyl (C=O) groups is 1. The molecule has 140 valence electrons. The van der Waals surface area contributed by atoms with Crippen molar-refractivity contribution in [3.8, 4) is 23.8 Å². The molecule has 0 aromatic heterocycles. The first-order valence-corrected chi connectivity index (χ1v) is 9.68. The molecule has 1 aliphatic heterocycles. The third-order valence-corrected chi connectivity index (χ3v) is 5.31. The van der Waals surface area contributed by atoms with Gasteiger partial charge in [-0.2, -0.15) is 4.72 Å². The van der Waals surface area contributed by atoms with Crippen LogP contribution in [0.3, 0.4) is 0 Å². The Hall–Kier alpha value is -3.02. The molecule has 1 amide bonds. The van der Waals surface area contributed by atoms with E-state index >= 15 is 0 Å². The fraction of sp³-hybridized carbons (Fsp3) is 0.211. The Morgan fingerprint density at radius 1 is 1.15 bits per heavy atom. The molecule has 2 aromatic rings. The molecule has 1 heterocycles. The molecule has 3 rings (SSSR count). The van der Waals surface area contributed by atoms with E-state index in [1.54, 1.807) is 6.07 Å². The van der Waals surface area contributed by atoms with Crippen molar-refractivity contribution in [2.45, 2.75) is 11.3 Å². The fourth-order valence-corrected chi connectivity index (χ4v) is 3.52. The molecule has 2 aromatic carbocycles. The van der Waals surface area contributed by atoms with E-state index in [0.29, 0.717) is 24.5 Å². The molecule has 0 spiro atoms. The average molecular weight is 386 g/mol. The number of sulfonamides is 1. The molecular weight excluding hydrogens is 368 g/mol. The average Bonchev–Trinajstić information content (AvgIpc) is 3.14. The number of benzene rings is 2. The van der Waals surface area contributed by atoms with Crippen LogP contribution in [0.25, 0.3) is 0 Å². The largest absolute Gasteiger partial charge is 0.454 e. The van der Waals surface area contributed by atoms with Gasteiger partial charge in [0.15, 0.2) is 11.5 Å². The standard InChI is InChI=1S/C19H18N2O5S/c1-2-9-21-27(23,24)16-5-3-4-15(12-16)19(22)20-10-8-14-6-7-17-18(11-14)26-13-25-17/h1,3-7,11-12,21H,8-10,13H2,(H,20,22). The summed E-state index contributed by atoms with van der Waals surface area (Å²) in [7, 11) is -3.75. The third-order valence-electron chi connectivity index (χ3n) is 3.91. The van der Waals surface area contributed by atoms with E-state index < -0.39 is 10.0 Å². The lowest BCUT2D eigenvalue weighted by Crippen LogP contribution is -2.27. The van der Waals surface area contributed by atoms with Crippen molar-refractivity contribution in [3.05, 3.63) is 53.6 Å². The van der Waals surface area contributed by atoms with Gasteiger partial charge in [-0.3, -0.25) is 4.79 Å². The van der Waals surface area contributed by atoms with Crippen LogP contribution in [-0.2, 0) is 16.4 Å². The number of amides is 1. The molecule has 0 saturated heterocycles. The Morgan fingerprint density at radius 3 is 2.78 bits per heavy atom. The molecule has 2 N–H and O–H groups in total. The Labute approximate surface area is 157 Å². The van der Waals surface area contributed by atoms with Crippen LogP contribution in [0.5, 0.6) is 11.5 Å². The minimum absolute atomic E-state index is 0.0128. The summed E-state index contributed by atoms with van der Waals surface area (Å²) in [5, 5.41) is 2.78. The molecule has 8 heteroatoms. The van der Waals surface area contributed by atoms with E-state index in [1.807, 2.05) is 18.2 Å². The molecule has 27 heavy (non-hydrogen) atoms. The summed E-state index contributed by atoms with van der Waals surface area (Å²) in [6.07, 6.45) is 5.67. The molecule has 0 aliphatic carbocycles. The number of terminal acetylenes is 1. The first kappa shape index (κ1) is 18.8. The first-order valence-electron chi connectivity index (χ1n) is 8.19. The summed E-state index contributed by atoms with van der Waals surface area (Å²) < 4.78 is 37.0. The van der Waals surface area contributed by atoms with E-state index in [0.717, 1.165) is 5.56 Å². The highest BCUT2D eigenvalue weighted by molar-refractivity contribution is 7.89. The van der Waals surface area contributed by atoms with Gasteiger partial charge in [0.1, 0.15) is 0 Å². The smallest absolute Gasteiger partial charge is 0.251 e. The van der Waals surface area contributed by atoms with Gasteiger partial charge in [0.05, 0.1) is 11.4 Å². The van der Waals surface area contributed by atoms with Crippen LogP contribution in [0.15, 0.2) is 47.4 Å². The Balaban J connectivity index is 1.60. The predicted molar refractivity (Wildman–Crippen MR) is 99.1 cm³/mol. The van der Waals surface area contributed by atoms with Gasteiger partial charge in [-0.15, -0.1) is 6.42 Å². The molecule has 7 nitrogen and oxygen atoms in total. The highest BCUT2D eigenvalue weighted by Crippen LogP contribution is 2.32. The lowest BCUT2D eigenvalue weighted by Gasteiger charge is -2.08. The van der Waals surface area contributed by atoms with E-state index in [2.05, 4.69) is 16.0 Å². The van der Waals surface area contributed by atoms with E-state index in [9.17, 15) is 13.2 Å². The van der Waals surface area contributed by atoms with Gasteiger partial charge in [-0.25, -0.2) is 8.42 Å². The third kappa shape index (κ3) is 4.58. The molecule has 0 atom stereocenters. The lowest BCUT2D eigenvalue weighted by atomic mass is 10.1. The number of hydrogen-bond acceptors (Lipinski definition) is 5. The molecule has 0 unspecified atom stereocenters. The molecule has 0 radical (unpaired) electrons. The maximum absolute atomic E-state index is 12.3. The molecular formula is C19H18N2O5S. The van der Waals surface area contributed by atoms with Gasteiger partial charge in [0.2, 0.25) is 16.8 Å². The number of hydrogen-bond donors (Lipinski definition) is 2. The van der Waals surface area contributed by atoms with Gasteiger partial charge < -0.3 is 14.8 Å². The molecule has 0 saturated carbocycles. The van der Waals surface area contributed by atoms with Gasteiger partial charge in [0, 0.05) is 12.1 Å². The zero-order valence-corrected chi connectivity index (χ0v) is 15.2. The zero-order chi connectivity index (χ0) is 19.3. The predicted octanol–water partition coefficient (Wildman–Crippen LogP) is 1.30. The quantitative estimate of drug-likeness (QED) is 0.700. The molecule has 0 fully saturated rings. The van der Waals surface area contributed by atoms with Crippen molar-refractivity contribution in [3.63, 3.8) is 0 Å². The Kier molecular flexibility index (Phi) is 5.64. The van der Waals surface area contributed by atoms with Crippen molar-refractivity contribution in [2.75, 3.05) is 19.9 Å². The van der Waals surface area contributed by atoms with Gasteiger partial charge in [-0.05, 0) is 42.3 Å². The fourth-order valence-electron chi connectivity index (χ4n) is 2.54. The van der Waals surface area contributed by atoms with Crippen LogP contribution in [0.4, 0.5) is 0 Å². The minimum atomic E-state index is -3.75. The van der Waals surface area contributed by atoms with Crippen molar-refractivity contribution < 1.29 is 22.7 Å². The summed E-state index contributed by atoms with van der Waals surface area (Å²) in [6.45, 7) is 0.490. The zero-order valence-electron chi connectivity index (χ0n) is 14.4. The maximum atomic E-state index is 12.3. The maximum Gasteiger partial charge on any atom is 0.251 e. The minimum Gasteiger partial charge on any atom is -0.454 e. The van der Waals surface area contributed by atoms with Crippen molar-refractivity contribution in [1.82, 2.24) is 10.0 Å². The number of ether oxygens (including phenoxy) is 2. The van der Waals surface area contributed by atoms with Crippen molar-refractivity contribution in [1.29, 1.82) is 0 Å². The highest BCUT2D eigenvalue weighted by atomic mass is 32.2. The second-order valence-electron chi connectivity index (χ2n) is 5.75. The summed E-state index contributed by atoms with van der Waals surface area (Å²) in [5.41, 5.74) is 1.25. The van der Waals surface area contributed by atoms with E-state index in [1.165, 1.54) is 18.2 Å². The van der Waals surface area contributed by atoms with Crippen LogP contribution >= 0.6 is 0 Å². The summed E-state index contributed by atoms with van der Waals surface area (Å²) in [5.74, 6) is 3.25. The van der Waals surface area contributed by atoms with E-state index in [4.69, 9.17) is 15.9 Å². The van der Waals surface area contributed by atoms with Gasteiger partial charge >= 0.3 is 0 Å². The first-order chi connectivity index (χ1) is 13.0. The summed E-state index contributed by atoms with van der Waals surface area (Å²) in [4.78, 5) is 12.3. The van der Waals surface area contributed by atoms with Crippen LogP contribution in [-0.4, -0.2) is 34.2 Å². The van der Waals surface area contributed by atoms with Crippen LogP contribution in [0, 0.1) is 12.3 Å². The summed E-state index contributed by atoms with van der Waals surface area (Å²) >= 11 is 0. The van der Waals surface area contributed by atoms with Gasteiger partial charge in [0.25, 0.3) is 5.91 Å². The Bertz CT molecular complexity index is 995. The Morgan fingerprint density at radius 2 is 1.96 bits per heavy atom. The normalized spacial score (nSPS) is 12.4. The second kappa shape index (κ2) is 8.12. The van der Waals surface area contributed by atoms with Crippen molar-refractivity contribution in [2.24, 2.45) is 0 Å². The van der Waals surface area contributed by atoms with Crippen LogP contribution in [0.1, 0.15) is 15.9 Å². The van der Waals surface area contributed by atoms with E-state index in [-0.39, 0.29) is 29.7 Å². The number of fused-ring (bicyclic) bond motifs is 1. The summed E-state index contributed by atoms with van der Waals surface area (Å²) in [6, 6.07) is 11.4. The highest BCUT2D eigenvalue weighted by Gasteiger charge is 2.16. The van der Waals surface area contributed by atoms with Gasteiger partial charge in [-0.1, -0.05) is 18.1 Å². The van der Waals surface area contributed by atoms with Crippen molar-refractivity contribution >= 4 is 15.9 Å². The number of rotatable bonds is 7. The monoisotopic (exact) mass is 386 g/mol. The van der Waals surface area contributed by atoms with Crippen LogP contribution in [0.2, 0.25) is 0 Å². The second-order valence-corrected chi connectivity index (χ2v) is 7.52. The van der Waals surface area contributed by atoms with Crippen LogP contribution < -0.4 is 19.5 Å².